The Morgan fingerprint density at radius 2 is 1.84 bits per heavy atom. The minimum atomic E-state index is -0.518. The summed E-state index contributed by atoms with van der Waals surface area (Å²) in [4.78, 5) is 15.6. The van der Waals surface area contributed by atoms with Crippen molar-refractivity contribution in [2.75, 3.05) is 6.54 Å². The van der Waals surface area contributed by atoms with Gasteiger partial charge < -0.3 is 10.6 Å². The van der Waals surface area contributed by atoms with Gasteiger partial charge in [-0.05, 0) is 38.0 Å². The zero-order valence-electron chi connectivity index (χ0n) is 11.6. The van der Waals surface area contributed by atoms with Crippen LogP contribution >= 0.6 is 12.2 Å². The van der Waals surface area contributed by atoms with E-state index in [9.17, 15) is 4.79 Å². The Labute approximate surface area is 120 Å². The molecule has 0 aromatic rings. The first-order valence-electron chi connectivity index (χ1n) is 7.74. The van der Waals surface area contributed by atoms with E-state index < -0.39 is 5.41 Å². The zero-order valence-corrected chi connectivity index (χ0v) is 12.4. The molecule has 4 heteroatoms. The minimum Gasteiger partial charge on any atom is -0.392 e. The van der Waals surface area contributed by atoms with Crippen molar-refractivity contribution < 1.29 is 4.79 Å². The molecule has 3 nitrogen and oxygen atoms in total. The van der Waals surface area contributed by atoms with Gasteiger partial charge in [-0.2, -0.15) is 0 Å². The molecule has 3 aliphatic rings. The van der Waals surface area contributed by atoms with Gasteiger partial charge in [0.1, 0.15) is 0 Å². The average molecular weight is 280 g/mol. The second kappa shape index (κ2) is 5.04. The summed E-state index contributed by atoms with van der Waals surface area (Å²) in [6, 6.07) is 0.479. The number of nitrogens with two attached hydrogens (primary N) is 1. The summed E-state index contributed by atoms with van der Waals surface area (Å²) >= 11 is 5.32. The Morgan fingerprint density at radius 1 is 1.16 bits per heavy atom. The van der Waals surface area contributed by atoms with Gasteiger partial charge in [0, 0.05) is 12.6 Å². The molecule has 3 fully saturated rings. The maximum absolute atomic E-state index is 13.1. The number of carbonyl (C=O) groups excluding carboxylic acids is 1. The van der Waals surface area contributed by atoms with Crippen LogP contribution in [-0.2, 0) is 4.79 Å². The van der Waals surface area contributed by atoms with Crippen LogP contribution in [0.25, 0.3) is 0 Å². The third kappa shape index (κ3) is 2.18. The molecular formula is C15H24N2OS. The van der Waals surface area contributed by atoms with Crippen molar-refractivity contribution in [3.63, 3.8) is 0 Å². The van der Waals surface area contributed by atoms with Gasteiger partial charge in [-0.1, -0.05) is 37.9 Å². The smallest absolute Gasteiger partial charge is 0.235 e. The molecule has 0 aromatic heterocycles. The number of likely N-dealkylation sites (tertiary alicyclic amines) is 1. The average Bonchev–Trinajstić information content (AvgIpc) is 2.93. The highest BCUT2D eigenvalue weighted by atomic mass is 32.1. The molecule has 0 radical (unpaired) electrons. The Kier molecular flexibility index (Phi) is 3.54. The monoisotopic (exact) mass is 280 g/mol. The van der Waals surface area contributed by atoms with Gasteiger partial charge in [-0.25, -0.2) is 0 Å². The number of thiocarbonyl (C=S) groups is 1. The lowest BCUT2D eigenvalue weighted by atomic mass is 9.78. The molecule has 2 unspecified atom stereocenters. The van der Waals surface area contributed by atoms with Crippen LogP contribution in [0.15, 0.2) is 0 Å². The predicted molar refractivity (Wildman–Crippen MR) is 79.8 cm³/mol. The fourth-order valence-corrected chi connectivity index (χ4v) is 4.64. The van der Waals surface area contributed by atoms with Crippen LogP contribution in [0.2, 0.25) is 0 Å². The van der Waals surface area contributed by atoms with Crippen molar-refractivity contribution in [1.29, 1.82) is 0 Å². The molecule has 3 rings (SSSR count). The van der Waals surface area contributed by atoms with E-state index >= 15 is 0 Å². The number of fused-ring (bicyclic) bond motifs is 2. The van der Waals surface area contributed by atoms with Gasteiger partial charge >= 0.3 is 0 Å². The molecule has 19 heavy (non-hydrogen) atoms. The van der Waals surface area contributed by atoms with Gasteiger partial charge in [0.25, 0.3) is 0 Å². The topological polar surface area (TPSA) is 46.3 Å². The second-order valence-electron chi connectivity index (χ2n) is 6.65. The predicted octanol–water partition coefficient (Wildman–Crippen LogP) is 2.62. The van der Waals surface area contributed by atoms with Gasteiger partial charge in [0.05, 0.1) is 10.4 Å². The SMILES string of the molecule is NC(=S)C1(C(=O)N2CC3CCC2C3)CCCCCC1. The third-order valence-electron chi connectivity index (χ3n) is 5.51. The lowest BCUT2D eigenvalue weighted by Gasteiger charge is -2.38. The van der Waals surface area contributed by atoms with Crippen LogP contribution in [-0.4, -0.2) is 28.4 Å². The quantitative estimate of drug-likeness (QED) is 0.625. The van der Waals surface area contributed by atoms with Crippen LogP contribution in [0.1, 0.15) is 57.8 Å². The normalized spacial score (nSPS) is 33.2. The summed E-state index contributed by atoms with van der Waals surface area (Å²) < 4.78 is 0. The highest BCUT2D eigenvalue weighted by Gasteiger charge is 2.49. The Balaban J connectivity index is 1.83. The maximum Gasteiger partial charge on any atom is 0.235 e. The lowest BCUT2D eigenvalue weighted by molar-refractivity contribution is -0.140. The summed E-state index contributed by atoms with van der Waals surface area (Å²) in [7, 11) is 0. The molecule has 1 saturated heterocycles. The summed E-state index contributed by atoms with van der Waals surface area (Å²) in [6.45, 7) is 0.952. The molecule has 106 valence electrons. The van der Waals surface area contributed by atoms with Crippen LogP contribution in [0.5, 0.6) is 0 Å². The lowest BCUT2D eigenvalue weighted by Crippen LogP contribution is -2.52. The van der Waals surface area contributed by atoms with E-state index in [1.807, 2.05) is 0 Å². The molecule has 1 aliphatic heterocycles. The second-order valence-corrected chi connectivity index (χ2v) is 7.09. The van der Waals surface area contributed by atoms with Gasteiger partial charge in [0.2, 0.25) is 5.91 Å². The van der Waals surface area contributed by atoms with Crippen molar-refractivity contribution in [1.82, 2.24) is 4.90 Å². The Morgan fingerprint density at radius 3 is 2.32 bits per heavy atom. The van der Waals surface area contributed by atoms with Crippen LogP contribution in [0.4, 0.5) is 0 Å². The van der Waals surface area contributed by atoms with E-state index in [1.54, 1.807) is 0 Å². The van der Waals surface area contributed by atoms with Crippen molar-refractivity contribution in [2.45, 2.75) is 63.8 Å². The zero-order chi connectivity index (χ0) is 13.5. The fourth-order valence-electron chi connectivity index (χ4n) is 4.35. The number of hydrogen-bond donors (Lipinski definition) is 1. The van der Waals surface area contributed by atoms with E-state index in [2.05, 4.69) is 4.90 Å². The number of carbonyl (C=O) groups is 1. The van der Waals surface area contributed by atoms with Crippen LogP contribution in [0, 0.1) is 11.3 Å². The Bertz CT molecular complexity index is 388. The first-order valence-corrected chi connectivity index (χ1v) is 8.15. The molecule has 2 atom stereocenters. The standard InChI is InChI=1S/C15H24N2OS/c16-13(19)15(7-3-1-2-4-8-15)14(18)17-10-11-5-6-12(17)9-11/h11-12H,1-10H2,(H2,16,19). The van der Waals surface area contributed by atoms with Crippen LogP contribution < -0.4 is 5.73 Å². The number of amides is 1. The highest BCUT2D eigenvalue weighted by molar-refractivity contribution is 7.80. The van der Waals surface area contributed by atoms with E-state index in [1.165, 1.54) is 32.1 Å². The van der Waals surface area contributed by atoms with Crippen LogP contribution in [0.3, 0.4) is 0 Å². The summed E-state index contributed by atoms with van der Waals surface area (Å²) in [5.41, 5.74) is 5.50. The minimum absolute atomic E-state index is 0.258. The molecule has 2 aliphatic carbocycles. The fraction of sp³-hybridized carbons (Fsp3) is 0.867. The van der Waals surface area contributed by atoms with E-state index in [0.717, 1.165) is 38.1 Å². The number of hydrogen-bond acceptors (Lipinski definition) is 2. The first-order chi connectivity index (χ1) is 9.13. The van der Waals surface area contributed by atoms with Crippen molar-refractivity contribution in [2.24, 2.45) is 17.1 Å². The highest BCUT2D eigenvalue weighted by Crippen LogP contribution is 2.43. The molecule has 1 heterocycles. The van der Waals surface area contributed by atoms with Gasteiger partial charge in [-0.3, -0.25) is 4.79 Å². The molecule has 2 saturated carbocycles. The van der Waals surface area contributed by atoms with Crippen molar-refractivity contribution in [3.8, 4) is 0 Å². The number of nitrogens with zero attached hydrogens (tertiary/aromatic N) is 1. The summed E-state index contributed by atoms with van der Waals surface area (Å²) in [6.07, 6.45) is 10.0. The Hall–Kier alpha value is -0.640. The number of rotatable bonds is 2. The number of piperidine rings is 1. The van der Waals surface area contributed by atoms with Crippen molar-refractivity contribution in [3.05, 3.63) is 0 Å². The first kappa shape index (κ1) is 13.3. The van der Waals surface area contributed by atoms with Gasteiger partial charge in [-0.15, -0.1) is 0 Å². The maximum atomic E-state index is 13.1. The van der Waals surface area contributed by atoms with E-state index in [-0.39, 0.29) is 5.91 Å². The largest absolute Gasteiger partial charge is 0.392 e. The molecule has 0 aromatic carbocycles. The third-order valence-corrected chi connectivity index (χ3v) is 5.90. The summed E-state index contributed by atoms with van der Waals surface area (Å²) in [5.74, 6) is 0.997. The van der Waals surface area contributed by atoms with Crippen molar-refractivity contribution >= 4 is 23.1 Å². The van der Waals surface area contributed by atoms with E-state index in [4.69, 9.17) is 18.0 Å². The van der Waals surface area contributed by atoms with E-state index in [0.29, 0.717) is 11.0 Å². The summed E-state index contributed by atoms with van der Waals surface area (Å²) in [5, 5.41) is 0. The van der Waals surface area contributed by atoms with Gasteiger partial charge in [0.15, 0.2) is 0 Å². The molecule has 0 spiro atoms. The molecule has 1 amide bonds. The molecule has 2 N–H and O–H groups in total. The molecular weight excluding hydrogens is 256 g/mol. The molecule has 2 bridgehead atoms.